The quantitative estimate of drug-likeness (QED) is 0.274. The Balaban J connectivity index is 0.00000361. The van der Waals surface area contributed by atoms with Gasteiger partial charge in [0.1, 0.15) is 5.75 Å². The number of esters is 1. The minimum atomic E-state index is -0.363. The number of piperazine rings is 1. The van der Waals surface area contributed by atoms with Crippen molar-refractivity contribution in [2.24, 2.45) is 7.05 Å². The van der Waals surface area contributed by atoms with Crippen molar-refractivity contribution >= 4 is 57.0 Å². The molecule has 196 valence electrons. The van der Waals surface area contributed by atoms with E-state index in [0.717, 1.165) is 53.2 Å². The van der Waals surface area contributed by atoms with Crippen LogP contribution in [0.3, 0.4) is 0 Å². The van der Waals surface area contributed by atoms with Gasteiger partial charge in [-0.25, -0.2) is 4.79 Å². The number of carbonyl (C=O) groups is 1. The number of β-amino-alcohol motifs (C(OH)–C–C–N with tert-alkyl or cyclic N) is 1. The fourth-order valence-corrected chi connectivity index (χ4v) is 6.08. The number of aromatic hydroxyl groups is 1. The maximum Gasteiger partial charge on any atom is 0.340 e. The number of thioether (sulfide) groups is 1. The largest absolute Gasteiger partial charge is 0.506 e. The predicted octanol–water partition coefficient (Wildman–Crippen LogP) is 4.65. The van der Waals surface area contributed by atoms with Gasteiger partial charge in [-0.2, -0.15) is 0 Å². The third-order valence-corrected chi connectivity index (χ3v) is 8.13. The number of fused-ring (bicyclic) bond motifs is 1. The van der Waals surface area contributed by atoms with Crippen molar-refractivity contribution in [3.8, 4) is 5.75 Å². The van der Waals surface area contributed by atoms with Gasteiger partial charge in [0.15, 0.2) is 0 Å². The van der Waals surface area contributed by atoms with Crippen LogP contribution in [-0.2, 0) is 24.1 Å². The molecule has 0 amide bonds. The Morgan fingerprint density at radius 3 is 2.44 bits per heavy atom. The van der Waals surface area contributed by atoms with Crippen molar-refractivity contribution in [3.63, 3.8) is 0 Å². The number of aliphatic hydroxyl groups is 1. The molecule has 0 atom stereocenters. The van der Waals surface area contributed by atoms with Crippen LogP contribution in [0.5, 0.6) is 5.75 Å². The van der Waals surface area contributed by atoms with E-state index in [1.165, 1.54) is 0 Å². The van der Waals surface area contributed by atoms with E-state index in [0.29, 0.717) is 28.9 Å². The lowest BCUT2D eigenvalue weighted by Crippen LogP contribution is -2.46. The summed E-state index contributed by atoms with van der Waals surface area (Å²) >= 11 is 5.20. The lowest BCUT2D eigenvalue weighted by Gasteiger charge is -2.34. The molecule has 0 bridgehead atoms. The summed E-state index contributed by atoms with van der Waals surface area (Å²) in [6, 6.07) is 12.0. The second-order valence-electron chi connectivity index (χ2n) is 8.62. The molecule has 3 aromatic rings. The summed E-state index contributed by atoms with van der Waals surface area (Å²) < 4.78 is 8.15. The second-order valence-corrected chi connectivity index (χ2v) is 10.5. The van der Waals surface area contributed by atoms with Crippen LogP contribution < -0.4 is 0 Å². The van der Waals surface area contributed by atoms with E-state index in [-0.39, 0.29) is 37.3 Å². The van der Waals surface area contributed by atoms with Crippen LogP contribution >= 0.6 is 40.1 Å². The highest BCUT2D eigenvalue weighted by Gasteiger charge is 2.28. The zero-order valence-electron chi connectivity index (χ0n) is 20.6. The predicted molar refractivity (Wildman–Crippen MR) is 150 cm³/mol. The number of phenolic OH excluding ortho intramolecular Hbond substituents is 1. The van der Waals surface area contributed by atoms with E-state index in [1.807, 2.05) is 42.8 Å². The summed E-state index contributed by atoms with van der Waals surface area (Å²) in [4.78, 5) is 18.9. The lowest BCUT2D eigenvalue weighted by atomic mass is 10.0. The van der Waals surface area contributed by atoms with Gasteiger partial charge in [-0.05, 0) is 41.1 Å². The standard InChI is InChI=1S/C26H32BrN3O4S.ClH/c1-3-34-26(33)24-22(17-35-18-7-5-4-6-8-18)28(2)21-15-20(27)25(32)19(23(21)24)16-30-11-9-29(10-12-30)13-14-31;/h4-8,15,31-32H,3,9-14,16-17H2,1-2H3;1H. The summed E-state index contributed by atoms with van der Waals surface area (Å²) in [5.74, 6) is 0.396. The van der Waals surface area contributed by atoms with Crippen LogP contribution in [0.25, 0.3) is 10.9 Å². The van der Waals surface area contributed by atoms with Gasteiger partial charge < -0.3 is 19.5 Å². The third-order valence-electron chi connectivity index (χ3n) is 6.50. The lowest BCUT2D eigenvalue weighted by molar-refractivity contribution is 0.0527. The van der Waals surface area contributed by atoms with Gasteiger partial charge >= 0.3 is 5.97 Å². The van der Waals surface area contributed by atoms with Crippen LogP contribution in [0.4, 0.5) is 0 Å². The average Bonchev–Trinajstić information content (AvgIpc) is 3.14. The molecule has 1 saturated heterocycles. The highest BCUT2D eigenvalue weighted by Crippen LogP contribution is 2.41. The summed E-state index contributed by atoms with van der Waals surface area (Å²) in [7, 11) is 1.97. The molecule has 1 aromatic heterocycles. The number of ether oxygens (including phenoxy) is 1. The Morgan fingerprint density at radius 2 is 1.81 bits per heavy atom. The molecule has 1 aliphatic rings. The number of aliphatic hydroxyl groups excluding tert-OH is 1. The number of aryl methyl sites for hydroxylation is 1. The first-order valence-electron chi connectivity index (χ1n) is 11.9. The number of carbonyl (C=O) groups excluding carboxylic acids is 1. The van der Waals surface area contributed by atoms with Gasteiger partial charge in [0.05, 0.1) is 28.8 Å². The molecular formula is C26H33BrClN3O4S. The number of benzene rings is 2. The third kappa shape index (κ3) is 6.20. The molecule has 0 unspecified atom stereocenters. The fraction of sp³-hybridized carbons (Fsp3) is 0.423. The fourth-order valence-electron chi connectivity index (χ4n) is 4.63. The van der Waals surface area contributed by atoms with E-state index < -0.39 is 0 Å². The Morgan fingerprint density at radius 1 is 1.14 bits per heavy atom. The Labute approximate surface area is 230 Å². The number of nitrogens with zero attached hydrogens (tertiary/aromatic N) is 3. The molecule has 0 radical (unpaired) electrons. The van der Waals surface area contributed by atoms with Crippen LogP contribution in [-0.4, -0.2) is 76.5 Å². The molecule has 1 fully saturated rings. The molecule has 0 aliphatic carbocycles. The van der Waals surface area contributed by atoms with Gasteiger partial charge in [0.25, 0.3) is 0 Å². The summed E-state index contributed by atoms with van der Waals surface area (Å²) in [6.45, 7) is 6.81. The number of hydrogen-bond acceptors (Lipinski definition) is 7. The van der Waals surface area contributed by atoms with Gasteiger partial charge in [-0.1, -0.05) is 18.2 Å². The molecule has 0 spiro atoms. The van der Waals surface area contributed by atoms with Crippen molar-refractivity contribution in [2.75, 3.05) is 45.9 Å². The van der Waals surface area contributed by atoms with Gasteiger partial charge in [0, 0.05) is 73.6 Å². The first-order valence-corrected chi connectivity index (χ1v) is 13.6. The molecule has 0 saturated carbocycles. The Kier molecular flexibility index (Phi) is 10.5. The van der Waals surface area contributed by atoms with Crippen LogP contribution in [0.2, 0.25) is 0 Å². The molecule has 7 nitrogen and oxygen atoms in total. The van der Waals surface area contributed by atoms with Crippen LogP contribution in [0.1, 0.15) is 28.5 Å². The smallest absolute Gasteiger partial charge is 0.340 e. The zero-order chi connectivity index (χ0) is 24.9. The molecule has 2 N–H and O–H groups in total. The topological polar surface area (TPSA) is 78.2 Å². The van der Waals surface area contributed by atoms with E-state index >= 15 is 0 Å². The highest BCUT2D eigenvalue weighted by molar-refractivity contribution is 9.10. The number of hydrogen-bond donors (Lipinski definition) is 2. The first kappa shape index (κ1) is 28.8. The minimum Gasteiger partial charge on any atom is -0.506 e. The van der Waals surface area contributed by atoms with Crippen molar-refractivity contribution in [2.45, 2.75) is 24.1 Å². The maximum absolute atomic E-state index is 13.3. The maximum atomic E-state index is 13.3. The monoisotopic (exact) mass is 597 g/mol. The number of aromatic nitrogens is 1. The van der Waals surface area contributed by atoms with Crippen molar-refractivity contribution in [3.05, 3.63) is 57.7 Å². The van der Waals surface area contributed by atoms with Crippen molar-refractivity contribution in [1.29, 1.82) is 0 Å². The molecule has 2 aromatic carbocycles. The first-order chi connectivity index (χ1) is 16.9. The molecule has 4 rings (SSSR count). The summed E-state index contributed by atoms with van der Waals surface area (Å²) in [5.41, 5.74) is 3.03. The Hall–Kier alpha value is -1.75. The molecule has 10 heteroatoms. The van der Waals surface area contributed by atoms with Crippen LogP contribution in [0.15, 0.2) is 45.8 Å². The van der Waals surface area contributed by atoms with Crippen molar-refractivity contribution < 1.29 is 19.7 Å². The molecule has 1 aliphatic heterocycles. The van der Waals surface area contributed by atoms with E-state index in [4.69, 9.17) is 4.74 Å². The summed E-state index contributed by atoms with van der Waals surface area (Å²) in [6.07, 6.45) is 0. The van der Waals surface area contributed by atoms with Gasteiger partial charge in [-0.15, -0.1) is 24.2 Å². The zero-order valence-corrected chi connectivity index (χ0v) is 23.8. The van der Waals surface area contributed by atoms with E-state index in [2.05, 4.69) is 37.9 Å². The normalized spacial score (nSPS) is 14.7. The Bertz CT molecular complexity index is 1180. The second kappa shape index (κ2) is 13.2. The van der Waals surface area contributed by atoms with E-state index in [1.54, 1.807) is 11.8 Å². The number of phenols is 1. The van der Waals surface area contributed by atoms with Gasteiger partial charge in [-0.3, -0.25) is 9.80 Å². The average molecular weight is 599 g/mol. The SMILES string of the molecule is CCOC(=O)c1c(CSc2ccccc2)n(C)c2cc(Br)c(O)c(CN3CCN(CCO)CC3)c12.Cl. The number of rotatable bonds is 9. The molecule has 36 heavy (non-hydrogen) atoms. The van der Waals surface area contributed by atoms with Crippen molar-refractivity contribution in [1.82, 2.24) is 14.4 Å². The highest BCUT2D eigenvalue weighted by atomic mass is 79.9. The molecule has 2 heterocycles. The van der Waals surface area contributed by atoms with Gasteiger partial charge in [0.2, 0.25) is 0 Å². The van der Waals surface area contributed by atoms with E-state index in [9.17, 15) is 15.0 Å². The minimum absolute atomic E-state index is 0. The summed E-state index contributed by atoms with van der Waals surface area (Å²) in [5, 5.41) is 21.1. The van der Waals surface area contributed by atoms with Crippen LogP contribution in [0, 0.1) is 0 Å². The molecular weight excluding hydrogens is 566 g/mol. The number of halogens is 2.